The Balaban J connectivity index is 1.61. The second kappa shape index (κ2) is 7.27. The average Bonchev–Trinajstić information content (AvgIpc) is 3.02. The first-order valence-corrected chi connectivity index (χ1v) is 10.0. The highest BCUT2D eigenvalue weighted by atomic mass is 32.1. The number of Topliss-reactive ketones (excluding diaryl/α,β-unsaturated/α-hetero) is 1. The Bertz CT molecular complexity index is 1130. The first kappa shape index (κ1) is 18.5. The molecule has 0 saturated carbocycles. The van der Waals surface area contributed by atoms with Gasteiger partial charge in [0.1, 0.15) is 6.54 Å². The lowest BCUT2D eigenvalue weighted by Gasteiger charge is -2.17. The van der Waals surface area contributed by atoms with Crippen molar-refractivity contribution in [3.63, 3.8) is 0 Å². The van der Waals surface area contributed by atoms with Crippen LogP contribution in [0.25, 0.3) is 10.2 Å². The van der Waals surface area contributed by atoms with Crippen molar-refractivity contribution in [2.75, 3.05) is 5.32 Å². The molecule has 0 saturated heterocycles. The van der Waals surface area contributed by atoms with Gasteiger partial charge < -0.3 is 5.32 Å². The van der Waals surface area contributed by atoms with Crippen molar-refractivity contribution in [2.45, 2.75) is 39.7 Å². The van der Waals surface area contributed by atoms with E-state index >= 15 is 0 Å². The van der Waals surface area contributed by atoms with Crippen LogP contribution in [0.15, 0.2) is 29.1 Å². The maximum absolute atomic E-state index is 13.0. The van der Waals surface area contributed by atoms with Crippen molar-refractivity contribution >= 4 is 38.9 Å². The molecule has 1 aliphatic rings. The Morgan fingerprint density at radius 1 is 1.29 bits per heavy atom. The van der Waals surface area contributed by atoms with E-state index in [0.29, 0.717) is 27.4 Å². The SMILES string of the molecule is CC(=O)Nc1ccc(C(=O)Cn2nnc3sc4c(c3c2=O)CC[C@H](C)C4)cc1. The van der Waals surface area contributed by atoms with Gasteiger partial charge in [0, 0.05) is 23.1 Å². The van der Waals surface area contributed by atoms with Crippen molar-refractivity contribution in [3.8, 4) is 0 Å². The zero-order chi connectivity index (χ0) is 19.8. The van der Waals surface area contributed by atoms with Gasteiger partial charge in [0.25, 0.3) is 5.56 Å². The first-order chi connectivity index (χ1) is 13.4. The summed E-state index contributed by atoms with van der Waals surface area (Å²) < 4.78 is 1.15. The van der Waals surface area contributed by atoms with Crippen molar-refractivity contribution in [2.24, 2.45) is 5.92 Å². The molecule has 2 heterocycles. The number of nitrogens with zero attached hydrogens (tertiary/aromatic N) is 3. The van der Waals surface area contributed by atoms with Gasteiger partial charge in [-0.05, 0) is 55.0 Å². The predicted octanol–water partition coefficient (Wildman–Crippen LogP) is 2.82. The van der Waals surface area contributed by atoms with Gasteiger partial charge in [-0.1, -0.05) is 12.1 Å². The molecule has 1 amide bonds. The molecule has 144 valence electrons. The van der Waals surface area contributed by atoms with Crippen molar-refractivity contribution in [3.05, 3.63) is 50.6 Å². The van der Waals surface area contributed by atoms with Gasteiger partial charge in [-0.15, -0.1) is 16.4 Å². The number of thiophene rings is 1. The normalized spacial score (nSPS) is 16.0. The fraction of sp³-hybridized carbons (Fsp3) is 0.350. The minimum Gasteiger partial charge on any atom is -0.326 e. The van der Waals surface area contributed by atoms with Crippen LogP contribution in [-0.2, 0) is 24.2 Å². The molecule has 0 spiro atoms. The van der Waals surface area contributed by atoms with E-state index in [1.807, 2.05) is 0 Å². The topological polar surface area (TPSA) is 93.9 Å². The Labute approximate surface area is 165 Å². The number of hydrogen-bond donors (Lipinski definition) is 1. The van der Waals surface area contributed by atoms with E-state index in [1.165, 1.54) is 11.8 Å². The Morgan fingerprint density at radius 2 is 2.04 bits per heavy atom. The van der Waals surface area contributed by atoms with E-state index < -0.39 is 0 Å². The van der Waals surface area contributed by atoms with E-state index in [9.17, 15) is 14.4 Å². The van der Waals surface area contributed by atoms with E-state index in [-0.39, 0.29) is 23.8 Å². The zero-order valence-corrected chi connectivity index (χ0v) is 16.5. The molecule has 0 radical (unpaired) electrons. The maximum Gasteiger partial charge on any atom is 0.279 e. The molecule has 0 bridgehead atoms. The van der Waals surface area contributed by atoms with Crippen LogP contribution in [0.4, 0.5) is 5.69 Å². The largest absolute Gasteiger partial charge is 0.326 e. The van der Waals surface area contributed by atoms with Gasteiger partial charge >= 0.3 is 0 Å². The minimum absolute atomic E-state index is 0.164. The van der Waals surface area contributed by atoms with Crippen molar-refractivity contribution < 1.29 is 9.59 Å². The summed E-state index contributed by atoms with van der Waals surface area (Å²) in [5.74, 6) is 0.198. The predicted molar refractivity (Wildman–Crippen MR) is 108 cm³/mol. The van der Waals surface area contributed by atoms with Crippen molar-refractivity contribution in [1.29, 1.82) is 0 Å². The number of fused-ring (bicyclic) bond motifs is 3. The highest BCUT2D eigenvalue weighted by molar-refractivity contribution is 7.18. The van der Waals surface area contributed by atoms with E-state index in [4.69, 9.17) is 0 Å². The number of aryl methyl sites for hydroxylation is 1. The van der Waals surface area contributed by atoms with Crippen LogP contribution in [0, 0.1) is 5.92 Å². The molecule has 2 aromatic heterocycles. The van der Waals surface area contributed by atoms with Gasteiger partial charge in [-0.3, -0.25) is 14.4 Å². The fourth-order valence-electron chi connectivity index (χ4n) is 3.57. The summed E-state index contributed by atoms with van der Waals surface area (Å²) in [5, 5.41) is 11.4. The molecular weight excluding hydrogens is 376 g/mol. The summed E-state index contributed by atoms with van der Waals surface area (Å²) in [6.07, 6.45) is 2.89. The second-order valence-corrected chi connectivity index (χ2v) is 8.35. The number of nitrogens with one attached hydrogen (secondary N) is 1. The van der Waals surface area contributed by atoms with Crippen LogP contribution in [0.3, 0.4) is 0 Å². The van der Waals surface area contributed by atoms with Crippen LogP contribution in [0.2, 0.25) is 0 Å². The summed E-state index contributed by atoms with van der Waals surface area (Å²) in [6.45, 7) is 3.47. The molecule has 1 N–H and O–H groups in total. The zero-order valence-electron chi connectivity index (χ0n) is 15.7. The smallest absolute Gasteiger partial charge is 0.279 e. The Kier molecular flexibility index (Phi) is 4.80. The molecular formula is C20H20N4O3S. The van der Waals surface area contributed by atoms with E-state index in [2.05, 4.69) is 22.6 Å². The molecule has 0 aliphatic heterocycles. The molecule has 8 heteroatoms. The number of aromatic nitrogens is 3. The molecule has 0 fully saturated rings. The second-order valence-electron chi connectivity index (χ2n) is 7.27. The van der Waals surface area contributed by atoms with E-state index in [1.54, 1.807) is 35.6 Å². The minimum atomic E-state index is -0.250. The lowest BCUT2D eigenvalue weighted by atomic mass is 9.89. The lowest BCUT2D eigenvalue weighted by Crippen LogP contribution is -2.28. The quantitative estimate of drug-likeness (QED) is 0.685. The molecule has 1 atom stereocenters. The van der Waals surface area contributed by atoms with Gasteiger partial charge in [-0.2, -0.15) is 0 Å². The molecule has 3 aromatic rings. The van der Waals surface area contributed by atoms with Crippen LogP contribution >= 0.6 is 11.3 Å². The third kappa shape index (κ3) is 3.47. The van der Waals surface area contributed by atoms with Crippen LogP contribution in [0.1, 0.15) is 41.1 Å². The Morgan fingerprint density at radius 3 is 2.75 bits per heavy atom. The lowest BCUT2D eigenvalue weighted by molar-refractivity contribution is -0.114. The van der Waals surface area contributed by atoms with Crippen LogP contribution in [0.5, 0.6) is 0 Å². The van der Waals surface area contributed by atoms with E-state index in [0.717, 1.165) is 29.5 Å². The molecule has 0 unspecified atom stereocenters. The Hall–Kier alpha value is -2.87. The summed E-state index contributed by atoms with van der Waals surface area (Å²) >= 11 is 1.54. The van der Waals surface area contributed by atoms with Gasteiger partial charge in [0.2, 0.25) is 5.91 Å². The molecule has 1 aromatic carbocycles. The van der Waals surface area contributed by atoms with Gasteiger partial charge in [-0.25, -0.2) is 4.68 Å². The summed E-state index contributed by atoms with van der Waals surface area (Å²) in [5.41, 5.74) is 1.89. The first-order valence-electron chi connectivity index (χ1n) is 9.21. The number of anilines is 1. The molecule has 4 rings (SSSR count). The number of ketones is 1. The summed E-state index contributed by atoms with van der Waals surface area (Å²) in [6, 6.07) is 6.56. The van der Waals surface area contributed by atoms with Gasteiger partial charge in [0.05, 0.1) is 5.39 Å². The standard InChI is InChI=1S/C20H20N4O3S/c1-11-3-8-15-17(9-11)28-19-18(15)20(27)24(23-22-19)10-16(26)13-4-6-14(7-5-13)21-12(2)25/h4-7,11H,3,8-10H2,1-2H3,(H,21,25)/t11-/m0/s1. The molecule has 1 aliphatic carbocycles. The highest BCUT2D eigenvalue weighted by Gasteiger charge is 2.24. The fourth-order valence-corrected chi connectivity index (χ4v) is 4.88. The third-order valence-electron chi connectivity index (χ3n) is 5.01. The highest BCUT2D eigenvalue weighted by Crippen LogP contribution is 2.35. The molecule has 7 nitrogen and oxygen atoms in total. The average molecular weight is 396 g/mol. The summed E-state index contributed by atoms with van der Waals surface area (Å²) in [4.78, 5) is 38.5. The van der Waals surface area contributed by atoms with Crippen LogP contribution < -0.4 is 10.9 Å². The number of carbonyl (C=O) groups excluding carboxylic acids is 2. The van der Waals surface area contributed by atoms with Crippen molar-refractivity contribution in [1.82, 2.24) is 15.0 Å². The molecule has 28 heavy (non-hydrogen) atoms. The summed E-state index contributed by atoms with van der Waals surface area (Å²) in [7, 11) is 0. The number of carbonyl (C=O) groups is 2. The van der Waals surface area contributed by atoms with Crippen LogP contribution in [-0.4, -0.2) is 26.7 Å². The number of hydrogen-bond acceptors (Lipinski definition) is 6. The number of benzene rings is 1. The number of amides is 1. The number of rotatable bonds is 4. The third-order valence-corrected chi connectivity index (χ3v) is 6.14. The van der Waals surface area contributed by atoms with Gasteiger partial charge in [0.15, 0.2) is 10.6 Å². The maximum atomic E-state index is 13.0. The monoisotopic (exact) mass is 396 g/mol.